The van der Waals surface area contributed by atoms with E-state index in [-0.39, 0.29) is 18.5 Å². The van der Waals surface area contributed by atoms with Crippen LogP contribution in [0.3, 0.4) is 0 Å². The van der Waals surface area contributed by atoms with Crippen LogP contribution in [-0.2, 0) is 15.6 Å². The highest BCUT2D eigenvalue weighted by atomic mass is 32.2. The van der Waals surface area contributed by atoms with Crippen molar-refractivity contribution in [1.29, 1.82) is 0 Å². The number of carbonyl (C=O) groups excluding carboxylic acids is 1. The molecule has 6 nitrogen and oxygen atoms in total. The number of hydrogen-bond donors (Lipinski definition) is 3. The van der Waals surface area contributed by atoms with Gasteiger partial charge in [-0.2, -0.15) is 0 Å². The van der Waals surface area contributed by atoms with Gasteiger partial charge in [0, 0.05) is 41.8 Å². The summed E-state index contributed by atoms with van der Waals surface area (Å²) in [6, 6.07) is -0.394. The maximum atomic E-state index is 11.4. The Balaban J connectivity index is 3.47. The van der Waals surface area contributed by atoms with Crippen LogP contribution < -0.4 is 10.6 Å². The number of urea groups is 1. The molecule has 0 rings (SSSR count). The number of nitrogens with one attached hydrogen (secondary N) is 2. The maximum Gasteiger partial charge on any atom is 0.315 e. The van der Waals surface area contributed by atoms with Crippen molar-refractivity contribution < 1.29 is 18.9 Å². The van der Waals surface area contributed by atoms with Crippen molar-refractivity contribution in [3.8, 4) is 0 Å². The van der Waals surface area contributed by atoms with Gasteiger partial charge in [-0.05, 0) is 19.8 Å². The topological polar surface area (TPSA) is 95.5 Å². The number of carboxylic acids is 1. The summed E-state index contributed by atoms with van der Waals surface area (Å²) in [5, 5.41) is 13.8. The van der Waals surface area contributed by atoms with E-state index >= 15 is 0 Å². The molecule has 0 aliphatic rings. The van der Waals surface area contributed by atoms with Crippen LogP contribution in [0, 0.1) is 0 Å². The monoisotopic (exact) mass is 278 g/mol. The summed E-state index contributed by atoms with van der Waals surface area (Å²) in [5.74, 6) is -0.353. The molecule has 0 radical (unpaired) electrons. The molecule has 0 aromatic heterocycles. The third-order valence-corrected chi connectivity index (χ3v) is 3.18. The molecule has 2 atom stereocenters. The normalized spacial score (nSPS) is 13.7. The summed E-state index contributed by atoms with van der Waals surface area (Å²) in [6.07, 6.45) is 3.93. The lowest BCUT2D eigenvalue weighted by molar-refractivity contribution is -0.137. The van der Waals surface area contributed by atoms with Gasteiger partial charge in [-0.15, -0.1) is 0 Å². The Hall–Kier alpha value is -1.11. The first-order valence-corrected chi connectivity index (χ1v) is 7.70. The van der Waals surface area contributed by atoms with Gasteiger partial charge >= 0.3 is 12.0 Å². The van der Waals surface area contributed by atoms with E-state index < -0.39 is 16.8 Å². The van der Waals surface area contributed by atoms with Crippen molar-refractivity contribution in [2.45, 2.75) is 38.6 Å². The van der Waals surface area contributed by atoms with Crippen LogP contribution in [0.25, 0.3) is 0 Å². The Bertz CT molecular complexity index is 297. The molecule has 0 aliphatic carbocycles. The minimum absolute atomic E-state index is 0.122. The molecule has 7 heteroatoms. The molecular weight excluding hydrogens is 256 g/mol. The summed E-state index contributed by atoms with van der Waals surface area (Å²) >= 11 is 0. The van der Waals surface area contributed by atoms with E-state index in [0.717, 1.165) is 12.8 Å². The first-order chi connectivity index (χ1) is 8.41. The second-order valence-corrected chi connectivity index (χ2v) is 5.73. The summed E-state index contributed by atoms with van der Waals surface area (Å²) in [7, 11) is -0.925. The maximum absolute atomic E-state index is 11.4. The number of amides is 2. The highest BCUT2D eigenvalue weighted by Crippen LogP contribution is 1.98. The average Bonchev–Trinajstić information content (AvgIpc) is 2.21. The molecule has 106 valence electrons. The van der Waals surface area contributed by atoms with Crippen molar-refractivity contribution in [1.82, 2.24) is 10.6 Å². The van der Waals surface area contributed by atoms with Crippen molar-refractivity contribution in [3.05, 3.63) is 0 Å². The van der Waals surface area contributed by atoms with Crippen LogP contribution in [-0.4, -0.2) is 45.9 Å². The van der Waals surface area contributed by atoms with Gasteiger partial charge in [0.15, 0.2) is 0 Å². The van der Waals surface area contributed by atoms with E-state index in [0.29, 0.717) is 18.7 Å². The van der Waals surface area contributed by atoms with Crippen molar-refractivity contribution in [2.24, 2.45) is 0 Å². The van der Waals surface area contributed by atoms with E-state index in [9.17, 15) is 13.8 Å². The van der Waals surface area contributed by atoms with Gasteiger partial charge in [0.2, 0.25) is 0 Å². The SMILES string of the molecule is CC(CS(C)=O)NC(=O)NCCCCCC(=O)O. The predicted molar refractivity (Wildman–Crippen MR) is 71.0 cm³/mol. The zero-order valence-electron chi connectivity index (χ0n) is 10.9. The summed E-state index contributed by atoms with van der Waals surface area (Å²) in [6.45, 7) is 2.32. The van der Waals surface area contributed by atoms with E-state index in [1.807, 2.05) is 0 Å². The van der Waals surface area contributed by atoms with E-state index in [2.05, 4.69) is 10.6 Å². The Morgan fingerprint density at radius 2 is 1.94 bits per heavy atom. The molecule has 2 amide bonds. The van der Waals surface area contributed by atoms with Crippen molar-refractivity contribution in [3.63, 3.8) is 0 Å². The Labute approximate surface area is 110 Å². The first-order valence-electron chi connectivity index (χ1n) is 5.98. The second-order valence-electron chi connectivity index (χ2n) is 4.25. The highest BCUT2D eigenvalue weighted by molar-refractivity contribution is 7.84. The molecule has 3 N–H and O–H groups in total. The fourth-order valence-electron chi connectivity index (χ4n) is 1.45. The predicted octanol–water partition coefficient (Wildman–Crippen LogP) is 0.698. The number of hydrogen-bond acceptors (Lipinski definition) is 3. The number of unbranched alkanes of at least 4 members (excludes halogenated alkanes) is 2. The van der Waals surface area contributed by atoms with E-state index in [1.165, 1.54) is 0 Å². The average molecular weight is 278 g/mol. The molecule has 0 fully saturated rings. The zero-order valence-corrected chi connectivity index (χ0v) is 11.7. The molecule has 0 aromatic rings. The number of carbonyl (C=O) groups is 2. The number of carboxylic acid groups (broad SMARTS) is 1. The largest absolute Gasteiger partial charge is 0.481 e. The van der Waals surface area contributed by atoms with Crippen LogP contribution in [0.2, 0.25) is 0 Å². The molecule has 18 heavy (non-hydrogen) atoms. The third kappa shape index (κ3) is 11.4. The summed E-state index contributed by atoms with van der Waals surface area (Å²) in [5.41, 5.74) is 0. The second kappa shape index (κ2) is 9.87. The zero-order chi connectivity index (χ0) is 14.0. The van der Waals surface area contributed by atoms with Crippen LogP contribution in [0.5, 0.6) is 0 Å². The molecular formula is C11H22N2O4S. The fourth-order valence-corrected chi connectivity index (χ4v) is 2.24. The van der Waals surface area contributed by atoms with Crippen molar-refractivity contribution >= 4 is 22.8 Å². The van der Waals surface area contributed by atoms with Crippen LogP contribution in [0.1, 0.15) is 32.6 Å². The fraction of sp³-hybridized carbons (Fsp3) is 0.818. The number of rotatable bonds is 9. The quantitative estimate of drug-likeness (QED) is 0.541. The standard InChI is InChI=1S/C11H22N2O4S/c1-9(8-18(2)17)13-11(16)12-7-5-3-4-6-10(14)15/h9H,3-8H2,1-2H3,(H,14,15)(H2,12,13,16). The van der Waals surface area contributed by atoms with Gasteiger partial charge in [0.05, 0.1) is 0 Å². The Morgan fingerprint density at radius 3 is 2.50 bits per heavy atom. The number of aliphatic carboxylic acids is 1. The molecule has 0 aromatic carbocycles. The van der Waals surface area contributed by atoms with Gasteiger partial charge in [-0.25, -0.2) is 4.79 Å². The minimum atomic E-state index is -0.925. The van der Waals surface area contributed by atoms with Gasteiger partial charge in [-0.3, -0.25) is 9.00 Å². The van der Waals surface area contributed by atoms with E-state index in [1.54, 1.807) is 13.2 Å². The first kappa shape index (κ1) is 16.9. The van der Waals surface area contributed by atoms with Crippen molar-refractivity contribution in [2.75, 3.05) is 18.6 Å². The Morgan fingerprint density at radius 1 is 1.28 bits per heavy atom. The lowest BCUT2D eigenvalue weighted by Gasteiger charge is -2.13. The van der Waals surface area contributed by atoms with E-state index in [4.69, 9.17) is 5.11 Å². The van der Waals surface area contributed by atoms with Crippen LogP contribution in [0.4, 0.5) is 4.79 Å². The minimum Gasteiger partial charge on any atom is -0.481 e. The third-order valence-electron chi connectivity index (χ3n) is 2.22. The molecule has 0 bridgehead atoms. The lowest BCUT2D eigenvalue weighted by atomic mass is 10.2. The lowest BCUT2D eigenvalue weighted by Crippen LogP contribution is -2.43. The highest BCUT2D eigenvalue weighted by Gasteiger charge is 2.07. The van der Waals surface area contributed by atoms with Crippen LogP contribution >= 0.6 is 0 Å². The van der Waals surface area contributed by atoms with Crippen LogP contribution in [0.15, 0.2) is 0 Å². The molecule has 0 spiro atoms. The molecule has 0 aliphatic heterocycles. The smallest absolute Gasteiger partial charge is 0.315 e. The summed E-state index contributed by atoms with van der Waals surface area (Å²) in [4.78, 5) is 21.6. The van der Waals surface area contributed by atoms with Gasteiger partial charge < -0.3 is 15.7 Å². The van der Waals surface area contributed by atoms with Gasteiger partial charge in [0.1, 0.15) is 0 Å². The van der Waals surface area contributed by atoms with Gasteiger partial charge in [0.25, 0.3) is 0 Å². The molecule has 0 saturated carbocycles. The Kier molecular flexibility index (Phi) is 9.26. The molecule has 0 heterocycles. The van der Waals surface area contributed by atoms with Gasteiger partial charge in [-0.1, -0.05) is 6.42 Å². The molecule has 0 saturated heterocycles. The molecule has 2 unspecified atom stereocenters. The summed E-state index contributed by atoms with van der Waals surface area (Å²) < 4.78 is 10.9.